The topological polar surface area (TPSA) is 44.1 Å². The van der Waals surface area contributed by atoms with Crippen LogP contribution in [-0.2, 0) is 0 Å². The summed E-state index contributed by atoms with van der Waals surface area (Å²) in [6.45, 7) is 3.96. The maximum Gasteiger partial charge on any atom is 0.263 e. The van der Waals surface area contributed by atoms with E-state index in [-0.39, 0.29) is 5.91 Å². The number of carbonyl (C=O) groups is 1. The maximum absolute atomic E-state index is 12.5. The van der Waals surface area contributed by atoms with E-state index >= 15 is 0 Å². The van der Waals surface area contributed by atoms with Crippen LogP contribution in [0.15, 0.2) is 49.0 Å². The number of nitrogens with zero attached hydrogens (tertiary/aromatic N) is 2. The van der Waals surface area contributed by atoms with Gasteiger partial charge in [0.05, 0.1) is 28.0 Å². The second-order valence-corrected chi connectivity index (χ2v) is 4.82. The highest BCUT2D eigenvalue weighted by atomic mass is 35.5. The van der Waals surface area contributed by atoms with Gasteiger partial charge < -0.3 is 0 Å². The monoisotopic (exact) mass is 280 g/mol. The van der Waals surface area contributed by atoms with Crippen molar-refractivity contribution in [2.24, 2.45) is 0 Å². The number of carbonyl (C=O) groups excluding carboxylic acids is 1. The molecule has 2 aromatic rings. The fraction of sp³-hybridized carbons (Fsp3) is 0. The summed E-state index contributed by atoms with van der Waals surface area (Å²) in [6.07, 6.45) is 0. The lowest BCUT2D eigenvalue weighted by molar-refractivity contribution is 0.101. The first-order valence-electron chi connectivity index (χ1n) is 5.96. The molecule has 4 heteroatoms. The minimum absolute atomic E-state index is 0.178. The third kappa shape index (κ3) is 1.70. The second-order valence-electron chi connectivity index (χ2n) is 4.41. The van der Waals surface area contributed by atoms with Crippen molar-refractivity contribution in [2.45, 2.75) is 0 Å². The molecule has 0 N–H and O–H groups in total. The molecule has 1 aliphatic rings. The molecule has 0 saturated heterocycles. The molecule has 3 rings (SSSR count). The van der Waals surface area contributed by atoms with Crippen LogP contribution in [0, 0.1) is 11.3 Å². The molecule has 0 spiro atoms. The minimum Gasteiger partial charge on any atom is -0.275 e. The van der Waals surface area contributed by atoms with E-state index in [4.69, 9.17) is 16.9 Å². The number of hydrogen-bond acceptors (Lipinski definition) is 2. The van der Waals surface area contributed by atoms with Crippen LogP contribution in [0.25, 0.3) is 5.70 Å². The summed E-state index contributed by atoms with van der Waals surface area (Å²) in [5, 5.41) is 9.39. The molecular weight excluding hydrogens is 272 g/mol. The number of nitriles is 1. The van der Waals surface area contributed by atoms with Crippen LogP contribution in [0.5, 0.6) is 0 Å². The molecule has 2 aromatic carbocycles. The molecule has 1 aliphatic heterocycles. The number of benzene rings is 2. The summed E-state index contributed by atoms with van der Waals surface area (Å²) in [5.41, 5.74) is 2.88. The lowest BCUT2D eigenvalue weighted by Crippen LogP contribution is -2.22. The quantitative estimate of drug-likeness (QED) is 0.796. The van der Waals surface area contributed by atoms with Crippen molar-refractivity contribution < 1.29 is 4.79 Å². The number of amides is 1. The molecule has 1 heterocycles. The predicted octanol–water partition coefficient (Wildman–Crippen LogP) is 3.84. The molecule has 0 unspecified atom stereocenters. The van der Waals surface area contributed by atoms with Gasteiger partial charge in [-0.1, -0.05) is 36.4 Å². The van der Waals surface area contributed by atoms with E-state index in [1.165, 1.54) is 4.90 Å². The van der Waals surface area contributed by atoms with Gasteiger partial charge in [0, 0.05) is 11.1 Å². The van der Waals surface area contributed by atoms with Gasteiger partial charge >= 0.3 is 0 Å². The SMILES string of the molecule is C=C1c2ccccc2C(=O)N1c1cc(C#N)ccc1Cl. The standard InChI is InChI=1S/C16H9ClN2O/c1-10-12-4-2-3-5-13(12)16(20)19(10)15-8-11(9-18)6-7-14(15)17/h2-8H,1H2. The van der Waals surface area contributed by atoms with Crippen LogP contribution in [0.4, 0.5) is 5.69 Å². The Morgan fingerprint density at radius 1 is 1.15 bits per heavy atom. The molecule has 1 amide bonds. The van der Waals surface area contributed by atoms with Gasteiger partial charge in [0.25, 0.3) is 5.91 Å². The molecule has 0 atom stereocenters. The fourth-order valence-electron chi connectivity index (χ4n) is 2.29. The molecule has 0 saturated carbocycles. The van der Waals surface area contributed by atoms with Crippen molar-refractivity contribution in [3.63, 3.8) is 0 Å². The Labute approximate surface area is 121 Å². The Balaban J connectivity index is 2.17. The van der Waals surface area contributed by atoms with Crippen molar-refractivity contribution in [3.8, 4) is 6.07 Å². The third-order valence-corrected chi connectivity index (χ3v) is 3.58. The van der Waals surface area contributed by atoms with Gasteiger partial charge in [-0.05, 0) is 24.3 Å². The largest absolute Gasteiger partial charge is 0.275 e. The van der Waals surface area contributed by atoms with E-state index in [2.05, 4.69) is 6.58 Å². The highest BCUT2D eigenvalue weighted by Crippen LogP contribution is 2.39. The first-order valence-corrected chi connectivity index (χ1v) is 6.33. The van der Waals surface area contributed by atoms with E-state index in [0.717, 1.165) is 5.56 Å². The van der Waals surface area contributed by atoms with E-state index in [0.29, 0.717) is 27.5 Å². The molecule has 96 valence electrons. The zero-order valence-electron chi connectivity index (χ0n) is 10.4. The van der Waals surface area contributed by atoms with Crippen LogP contribution in [-0.4, -0.2) is 5.91 Å². The van der Waals surface area contributed by atoms with Crippen molar-refractivity contribution in [2.75, 3.05) is 4.90 Å². The smallest absolute Gasteiger partial charge is 0.263 e. The summed E-state index contributed by atoms with van der Waals surface area (Å²) in [5.74, 6) is -0.178. The van der Waals surface area contributed by atoms with E-state index in [1.54, 1.807) is 30.3 Å². The van der Waals surface area contributed by atoms with Crippen LogP contribution in [0.3, 0.4) is 0 Å². The number of anilines is 1. The Bertz CT molecular complexity index is 754. The Hall–Kier alpha value is -2.57. The van der Waals surface area contributed by atoms with Crippen molar-refractivity contribution in [1.29, 1.82) is 5.26 Å². The third-order valence-electron chi connectivity index (χ3n) is 3.26. The van der Waals surface area contributed by atoms with Crippen molar-refractivity contribution in [3.05, 3.63) is 70.8 Å². The number of halogens is 1. The molecule has 0 bridgehead atoms. The summed E-state index contributed by atoms with van der Waals surface area (Å²) in [7, 11) is 0. The fourth-order valence-corrected chi connectivity index (χ4v) is 2.50. The summed E-state index contributed by atoms with van der Waals surface area (Å²) >= 11 is 6.16. The van der Waals surface area contributed by atoms with Crippen molar-refractivity contribution >= 4 is 28.9 Å². The van der Waals surface area contributed by atoms with Gasteiger partial charge in [-0.3, -0.25) is 9.69 Å². The van der Waals surface area contributed by atoms with Gasteiger partial charge in [0.15, 0.2) is 0 Å². The molecule has 3 nitrogen and oxygen atoms in total. The highest BCUT2D eigenvalue weighted by Gasteiger charge is 2.32. The molecule has 0 aliphatic carbocycles. The number of rotatable bonds is 1. The van der Waals surface area contributed by atoms with Crippen LogP contribution < -0.4 is 4.90 Å². The summed E-state index contributed by atoms with van der Waals surface area (Å²) < 4.78 is 0. The van der Waals surface area contributed by atoms with Gasteiger partial charge in [0.2, 0.25) is 0 Å². The molecule has 0 radical (unpaired) electrons. The molecule has 20 heavy (non-hydrogen) atoms. The van der Waals surface area contributed by atoms with Gasteiger partial charge in [-0.25, -0.2) is 0 Å². The van der Waals surface area contributed by atoms with Gasteiger partial charge in [-0.15, -0.1) is 0 Å². The summed E-state index contributed by atoms with van der Waals surface area (Å²) in [4.78, 5) is 13.9. The van der Waals surface area contributed by atoms with E-state index in [1.807, 2.05) is 18.2 Å². The Kier molecular flexibility index (Phi) is 2.81. The second kappa shape index (κ2) is 4.52. The van der Waals surface area contributed by atoms with Crippen LogP contribution >= 0.6 is 11.6 Å². The molecular formula is C16H9ClN2O. The molecule has 0 aromatic heterocycles. The first-order chi connectivity index (χ1) is 9.63. The number of fused-ring (bicyclic) bond motifs is 1. The zero-order chi connectivity index (χ0) is 14.3. The lowest BCUT2D eigenvalue weighted by atomic mass is 10.1. The maximum atomic E-state index is 12.5. The highest BCUT2D eigenvalue weighted by molar-refractivity contribution is 6.35. The zero-order valence-corrected chi connectivity index (χ0v) is 11.2. The average Bonchev–Trinajstić information content (AvgIpc) is 2.72. The number of hydrogen-bond donors (Lipinski definition) is 0. The van der Waals surface area contributed by atoms with Gasteiger partial charge in [0.1, 0.15) is 0 Å². The van der Waals surface area contributed by atoms with E-state index in [9.17, 15) is 4.79 Å². The molecule has 0 fully saturated rings. The average molecular weight is 281 g/mol. The first kappa shape index (κ1) is 12.5. The van der Waals surface area contributed by atoms with Crippen LogP contribution in [0.1, 0.15) is 21.5 Å². The Morgan fingerprint density at radius 2 is 1.85 bits per heavy atom. The van der Waals surface area contributed by atoms with Gasteiger partial charge in [-0.2, -0.15) is 5.26 Å². The summed E-state index contributed by atoms with van der Waals surface area (Å²) in [6, 6.07) is 14.1. The normalized spacial score (nSPS) is 13.3. The minimum atomic E-state index is -0.178. The van der Waals surface area contributed by atoms with Crippen LogP contribution in [0.2, 0.25) is 5.02 Å². The Morgan fingerprint density at radius 3 is 2.50 bits per heavy atom. The predicted molar refractivity (Wildman–Crippen MR) is 78.5 cm³/mol. The van der Waals surface area contributed by atoms with Crippen molar-refractivity contribution in [1.82, 2.24) is 0 Å². The van der Waals surface area contributed by atoms with E-state index < -0.39 is 0 Å². The lowest BCUT2D eigenvalue weighted by Gasteiger charge is -2.19.